The number of anilines is 1. The number of benzene rings is 1. The van der Waals surface area contributed by atoms with E-state index in [0.717, 1.165) is 29.5 Å². The molecular formula is C22H28N6O3. The van der Waals surface area contributed by atoms with Crippen molar-refractivity contribution in [1.29, 1.82) is 0 Å². The summed E-state index contributed by atoms with van der Waals surface area (Å²) in [5.74, 6) is 0.801. The number of hydrogen-bond donors (Lipinski definition) is 3. The van der Waals surface area contributed by atoms with Crippen LogP contribution in [0.4, 0.5) is 5.69 Å². The molecule has 0 amide bonds. The molecule has 1 aliphatic carbocycles. The maximum atomic E-state index is 12.9. The Labute approximate surface area is 180 Å². The first-order chi connectivity index (χ1) is 14.7. The molecule has 164 valence electrons. The molecule has 3 aromatic rings. The van der Waals surface area contributed by atoms with E-state index in [1.165, 1.54) is 4.68 Å². The first-order valence-corrected chi connectivity index (χ1v) is 10.7. The second kappa shape index (κ2) is 7.06. The maximum Gasteiger partial charge on any atom is 0.290 e. The molecule has 9 nitrogen and oxygen atoms in total. The molecule has 0 radical (unpaired) electrons. The van der Waals surface area contributed by atoms with Gasteiger partial charge in [0.05, 0.1) is 11.1 Å². The molecule has 2 aliphatic rings. The highest BCUT2D eigenvalue weighted by atomic mass is 16.5. The molecule has 1 saturated heterocycles. The van der Waals surface area contributed by atoms with Crippen molar-refractivity contribution in [3.8, 4) is 17.1 Å². The normalized spacial score (nSPS) is 23.0. The van der Waals surface area contributed by atoms with Gasteiger partial charge in [0, 0.05) is 38.6 Å². The van der Waals surface area contributed by atoms with Gasteiger partial charge in [0.15, 0.2) is 0 Å². The Morgan fingerprint density at radius 3 is 2.81 bits per heavy atom. The van der Waals surface area contributed by atoms with Crippen LogP contribution in [0.15, 0.2) is 29.1 Å². The molecule has 1 unspecified atom stereocenters. The number of aliphatic hydroxyl groups is 1. The quantitative estimate of drug-likeness (QED) is 0.581. The number of ether oxygens (including phenoxy) is 1. The van der Waals surface area contributed by atoms with Gasteiger partial charge < -0.3 is 20.1 Å². The Balaban J connectivity index is 1.57. The summed E-state index contributed by atoms with van der Waals surface area (Å²) in [6, 6.07) is 7.65. The zero-order valence-electron chi connectivity index (χ0n) is 18.1. The summed E-state index contributed by atoms with van der Waals surface area (Å²) >= 11 is 0. The summed E-state index contributed by atoms with van der Waals surface area (Å²) in [7, 11) is 1.64. The molecule has 9 heteroatoms. The Hall–Kier alpha value is -2.91. The van der Waals surface area contributed by atoms with Crippen molar-refractivity contribution >= 4 is 16.6 Å². The van der Waals surface area contributed by atoms with Crippen LogP contribution in [-0.2, 0) is 7.05 Å². The lowest BCUT2D eigenvalue weighted by Crippen LogP contribution is -2.45. The number of aryl methyl sites for hydroxylation is 1. The number of nitrogens with one attached hydrogen (secondary N) is 2. The Morgan fingerprint density at radius 1 is 1.23 bits per heavy atom. The van der Waals surface area contributed by atoms with Gasteiger partial charge in [0.1, 0.15) is 28.4 Å². The fourth-order valence-corrected chi connectivity index (χ4v) is 4.07. The van der Waals surface area contributed by atoms with Gasteiger partial charge in [-0.15, -0.1) is 0 Å². The Bertz CT molecular complexity index is 1190. The number of aromatic nitrogens is 4. The van der Waals surface area contributed by atoms with E-state index in [2.05, 4.69) is 27.5 Å². The second-order valence-corrected chi connectivity index (χ2v) is 9.27. The van der Waals surface area contributed by atoms with E-state index in [1.807, 2.05) is 23.1 Å². The molecule has 1 saturated carbocycles. The van der Waals surface area contributed by atoms with Crippen molar-refractivity contribution in [2.45, 2.75) is 37.9 Å². The van der Waals surface area contributed by atoms with E-state index in [9.17, 15) is 9.90 Å². The van der Waals surface area contributed by atoms with Crippen LogP contribution in [0.2, 0.25) is 0 Å². The van der Waals surface area contributed by atoms with Crippen LogP contribution in [0.25, 0.3) is 22.3 Å². The number of β-amino-alcohol motifs (C(OH)–C–C–N with tert-alkyl or cyclic N) is 1. The first-order valence-electron chi connectivity index (χ1n) is 10.7. The molecule has 2 aromatic heterocycles. The topological polar surface area (TPSA) is 108 Å². The highest BCUT2D eigenvalue weighted by Gasteiger charge is 2.40. The minimum atomic E-state index is -0.935. The monoisotopic (exact) mass is 424 g/mol. The van der Waals surface area contributed by atoms with Gasteiger partial charge in [0.2, 0.25) is 0 Å². The molecule has 2 fully saturated rings. The fourth-order valence-electron chi connectivity index (χ4n) is 4.07. The van der Waals surface area contributed by atoms with Crippen LogP contribution in [0, 0.1) is 0 Å². The highest BCUT2D eigenvalue weighted by molar-refractivity contribution is 5.93. The van der Waals surface area contributed by atoms with Crippen molar-refractivity contribution in [3.05, 3.63) is 34.6 Å². The summed E-state index contributed by atoms with van der Waals surface area (Å²) in [6.45, 7) is 6.02. The Morgan fingerprint density at radius 2 is 2.03 bits per heavy atom. The van der Waals surface area contributed by atoms with E-state index in [-0.39, 0.29) is 11.2 Å². The fraction of sp³-hybridized carbons (Fsp3) is 0.500. The van der Waals surface area contributed by atoms with E-state index in [1.54, 1.807) is 20.0 Å². The largest absolute Gasteiger partial charge is 0.488 e. The van der Waals surface area contributed by atoms with Crippen molar-refractivity contribution in [1.82, 2.24) is 25.3 Å². The minimum absolute atomic E-state index is 0.0720. The van der Waals surface area contributed by atoms with E-state index in [4.69, 9.17) is 4.74 Å². The van der Waals surface area contributed by atoms with Gasteiger partial charge in [0.25, 0.3) is 5.56 Å². The third-order valence-electron chi connectivity index (χ3n) is 6.08. The SMILES string of the molecule is Cn1nc(-c2n[nH]c3ccc(OC4(C)CC4)cc23)cc(N2CCNCC(C)(O)C2)c1=O. The van der Waals surface area contributed by atoms with Crippen LogP contribution in [-0.4, -0.2) is 62.5 Å². The predicted molar refractivity (Wildman–Crippen MR) is 119 cm³/mol. The molecule has 0 bridgehead atoms. The zero-order valence-corrected chi connectivity index (χ0v) is 18.1. The minimum Gasteiger partial charge on any atom is -0.488 e. The van der Waals surface area contributed by atoms with Gasteiger partial charge >= 0.3 is 0 Å². The van der Waals surface area contributed by atoms with Crippen LogP contribution < -0.4 is 20.5 Å². The summed E-state index contributed by atoms with van der Waals surface area (Å²) in [4.78, 5) is 14.8. The zero-order chi connectivity index (χ0) is 21.8. The van der Waals surface area contributed by atoms with Crippen molar-refractivity contribution < 1.29 is 9.84 Å². The summed E-state index contributed by atoms with van der Waals surface area (Å²) < 4.78 is 7.46. The Kier molecular flexibility index (Phi) is 4.56. The standard InChI is InChI=1S/C22H28N6O3/c1-21(30)12-23-8-9-28(13-21)18-11-17(26-27(3)20(18)29)19-15-10-14(31-22(2)6-7-22)4-5-16(15)24-25-19/h4-5,10-11,23,30H,6-9,12-13H2,1-3H3,(H,24,25). The number of H-pyrrole nitrogens is 1. The van der Waals surface area contributed by atoms with Gasteiger partial charge in [-0.2, -0.15) is 10.2 Å². The van der Waals surface area contributed by atoms with E-state index >= 15 is 0 Å². The third kappa shape index (κ3) is 3.90. The molecule has 31 heavy (non-hydrogen) atoms. The lowest BCUT2D eigenvalue weighted by Gasteiger charge is -2.29. The number of hydrogen-bond acceptors (Lipinski definition) is 7. The summed E-state index contributed by atoms with van der Waals surface area (Å²) in [5.41, 5.74) is 1.43. The summed E-state index contributed by atoms with van der Waals surface area (Å²) in [5, 5.41) is 26.7. The molecule has 3 heterocycles. The third-order valence-corrected chi connectivity index (χ3v) is 6.08. The second-order valence-electron chi connectivity index (χ2n) is 9.27. The molecule has 5 rings (SSSR count). The smallest absolute Gasteiger partial charge is 0.290 e. The number of rotatable bonds is 4. The lowest BCUT2D eigenvalue weighted by molar-refractivity contribution is 0.0729. The maximum absolute atomic E-state index is 12.9. The van der Waals surface area contributed by atoms with Crippen molar-refractivity contribution in [2.75, 3.05) is 31.1 Å². The predicted octanol–water partition coefficient (Wildman–Crippen LogP) is 1.42. The number of aromatic amines is 1. The van der Waals surface area contributed by atoms with Gasteiger partial charge in [-0.25, -0.2) is 4.68 Å². The van der Waals surface area contributed by atoms with Gasteiger partial charge in [-0.1, -0.05) is 0 Å². The average Bonchev–Trinajstić information content (AvgIpc) is 3.34. The van der Waals surface area contributed by atoms with Crippen LogP contribution >= 0.6 is 0 Å². The first kappa shape index (κ1) is 20.0. The lowest BCUT2D eigenvalue weighted by atomic mass is 10.1. The van der Waals surface area contributed by atoms with Crippen LogP contribution in [0.5, 0.6) is 5.75 Å². The molecule has 1 aromatic carbocycles. The average molecular weight is 425 g/mol. The van der Waals surface area contributed by atoms with Crippen LogP contribution in [0.3, 0.4) is 0 Å². The molecule has 1 aliphatic heterocycles. The van der Waals surface area contributed by atoms with Crippen molar-refractivity contribution in [2.24, 2.45) is 7.05 Å². The number of fused-ring (bicyclic) bond motifs is 1. The van der Waals surface area contributed by atoms with Gasteiger partial charge in [-0.05, 0) is 51.0 Å². The number of nitrogens with zero attached hydrogens (tertiary/aromatic N) is 4. The van der Waals surface area contributed by atoms with E-state index in [0.29, 0.717) is 43.3 Å². The van der Waals surface area contributed by atoms with Gasteiger partial charge in [-0.3, -0.25) is 9.89 Å². The summed E-state index contributed by atoms with van der Waals surface area (Å²) in [6.07, 6.45) is 2.12. The molecule has 0 spiro atoms. The molecule has 3 N–H and O–H groups in total. The van der Waals surface area contributed by atoms with Crippen LogP contribution in [0.1, 0.15) is 26.7 Å². The molecule has 1 atom stereocenters. The highest BCUT2D eigenvalue weighted by Crippen LogP contribution is 2.40. The molecular weight excluding hydrogens is 396 g/mol. The van der Waals surface area contributed by atoms with Crippen molar-refractivity contribution in [3.63, 3.8) is 0 Å². The van der Waals surface area contributed by atoms with E-state index < -0.39 is 5.60 Å².